The van der Waals surface area contributed by atoms with Crippen molar-refractivity contribution in [3.8, 4) is 0 Å². The predicted molar refractivity (Wildman–Crippen MR) is 95.1 cm³/mol. The molecule has 0 saturated carbocycles. The molecule has 2 atom stereocenters. The summed E-state index contributed by atoms with van der Waals surface area (Å²) < 4.78 is 0. The Kier molecular flexibility index (Phi) is 3.82. The summed E-state index contributed by atoms with van der Waals surface area (Å²) in [6.07, 6.45) is 5.98. The predicted octanol–water partition coefficient (Wildman–Crippen LogP) is 3.88. The van der Waals surface area contributed by atoms with Gasteiger partial charge >= 0.3 is 0 Å². The fourth-order valence-corrected chi connectivity index (χ4v) is 4.39. The molecule has 3 nitrogen and oxygen atoms in total. The van der Waals surface area contributed by atoms with Crippen molar-refractivity contribution in [1.29, 1.82) is 0 Å². The van der Waals surface area contributed by atoms with Gasteiger partial charge in [0.05, 0.1) is 11.6 Å². The van der Waals surface area contributed by atoms with E-state index < -0.39 is 0 Å². The molecule has 3 fully saturated rings. The van der Waals surface area contributed by atoms with Crippen molar-refractivity contribution in [2.75, 3.05) is 13.1 Å². The molecule has 3 aliphatic heterocycles. The third-order valence-corrected chi connectivity index (χ3v) is 5.50. The number of rotatable bonds is 4. The van der Waals surface area contributed by atoms with Crippen LogP contribution >= 0.6 is 0 Å². The van der Waals surface area contributed by atoms with Gasteiger partial charge in [-0.3, -0.25) is 9.88 Å². The smallest absolute Gasteiger partial charge is 0.0705 e. The maximum atomic E-state index is 4.53. The van der Waals surface area contributed by atoms with E-state index in [2.05, 4.69) is 59.0 Å². The van der Waals surface area contributed by atoms with Gasteiger partial charge in [-0.25, -0.2) is 0 Å². The van der Waals surface area contributed by atoms with Crippen molar-refractivity contribution < 1.29 is 0 Å². The van der Waals surface area contributed by atoms with E-state index in [9.17, 15) is 0 Å². The average Bonchev–Trinajstić information content (AvgIpc) is 2.60. The molecule has 0 radical (unpaired) electrons. The lowest BCUT2D eigenvalue weighted by Crippen LogP contribution is -2.53. The van der Waals surface area contributed by atoms with Crippen molar-refractivity contribution in [2.24, 2.45) is 5.92 Å². The topological polar surface area (TPSA) is 28.2 Å². The van der Waals surface area contributed by atoms with Gasteiger partial charge in [-0.2, -0.15) is 0 Å². The summed E-state index contributed by atoms with van der Waals surface area (Å²) in [6, 6.07) is 11.5. The number of piperidine rings is 3. The molecular weight excluding hydrogens is 282 g/mol. The standard InChI is InChI=1S/C20H25N3/c1-14(2)22-20(19-13-15-8-11-23(19)12-9-15)17-7-10-21-18-6-4-3-5-16(17)18/h3-7,10,15,19-20,22H,1,8-9,11-13H2,2H3/t19?,20-/m0/s1. The largest absolute Gasteiger partial charge is 0.381 e. The molecule has 3 aliphatic rings. The molecule has 1 unspecified atom stereocenters. The first-order chi connectivity index (χ1) is 11.2. The Bertz CT molecular complexity index is 710. The molecule has 1 N–H and O–H groups in total. The molecule has 2 aromatic rings. The van der Waals surface area contributed by atoms with E-state index >= 15 is 0 Å². The molecule has 0 amide bonds. The maximum absolute atomic E-state index is 4.53. The summed E-state index contributed by atoms with van der Waals surface area (Å²) in [4.78, 5) is 7.21. The minimum absolute atomic E-state index is 0.295. The van der Waals surface area contributed by atoms with E-state index in [4.69, 9.17) is 0 Å². The number of pyridine rings is 1. The quantitative estimate of drug-likeness (QED) is 0.929. The summed E-state index contributed by atoms with van der Waals surface area (Å²) in [7, 11) is 0. The van der Waals surface area contributed by atoms with Crippen LogP contribution < -0.4 is 5.32 Å². The van der Waals surface area contributed by atoms with Crippen LogP contribution in [0.1, 0.15) is 37.8 Å². The first-order valence-electron chi connectivity index (χ1n) is 8.72. The first kappa shape index (κ1) is 14.7. The molecule has 4 heterocycles. The zero-order valence-electron chi connectivity index (χ0n) is 13.8. The Hall–Kier alpha value is -1.87. The highest BCUT2D eigenvalue weighted by Crippen LogP contribution is 2.39. The number of nitrogens with one attached hydrogen (secondary N) is 1. The lowest BCUT2D eigenvalue weighted by molar-refractivity contribution is 0.0304. The molecule has 1 aromatic carbocycles. The molecular formula is C20H25N3. The van der Waals surface area contributed by atoms with Crippen LogP contribution in [-0.2, 0) is 0 Å². The molecule has 2 bridgehead atoms. The SMILES string of the molecule is C=C(C)N[C@@H](c1ccnc2ccccc12)C1CC2CCN1CC2. The van der Waals surface area contributed by atoms with Gasteiger partial charge in [0.25, 0.3) is 0 Å². The van der Waals surface area contributed by atoms with Crippen molar-refractivity contribution in [3.63, 3.8) is 0 Å². The van der Waals surface area contributed by atoms with Crippen LogP contribution in [0.3, 0.4) is 0 Å². The highest BCUT2D eigenvalue weighted by molar-refractivity contribution is 5.82. The molecule has 3 saturated heterocycles. The molecule has 1 aromatic heterocycles. The number of fused-ring (bicyclic) bond motifs is 4. The molecule has 5 rings (SSSR count). The summed E-state index contributed by atoms with van der Waals surface area (Å²) in [5.41, 5.74) is 3.48. The zero-order chi connectivity index (χ0) is 15.8. The van der Waals surface area contributed by atoms with Gasteiger partial charge in [0, 0.05) is 23.3 Å². The van der Waals surface area contributed by atoms with E-state index in [0.717, 1.165) is 17.1 Å². The summed E-state index contributed by atoms with van der Waals surface area (Å²) in [6.45, 7) is 8.66. The van der Waals surface area contributed by atoms with E-state index in [1.165, 1.54) is 43.3 Å². The van der Waals surface area contributed by atoms with E-state index in [-0.39, 0.29) is 0 Å². The third kappa shape index (κ3) is 2.74. The van der Waals surface area contributed by atoms with Crippen LogP contribution in [0.25, 0.3) is 10.9 Å². The van der Waals surface area contributed by atoms with Crippen molar-refractivity contribution in [2.45, 2.75) is 38.3 Å². The number of allylic oxidation sites excluding steroid dienone is 1. The maximum Gasteiger partial charge on any atom is 0.0705 e. The number of aromatic nitrogens is 1. The Balaban J connectivity index is 1.77. The Morgan fingerprint density at radius 3 is 2.74 bits per heavy atom. The number of benzene rings is 1. The van der Waals surface area contributed by atoms with Crippen LogP contribution in [0.15, 0.2) is 48.8 Å². The second kappa shape index (κ2) is 5.97. The van der Waals surface area contributed by atoms with E-state index in [1.807, 2.05) is 6.20 Å². The number of hydrogen-bond donors (Lipinski definition) is 1. The number of para-hydroxylation sites is 1. The Morgan fingerprint density at radius 2 is 2.04 bits per heavy atom. The summed E-state index contributed by atoms with van der Waals surface area (Å²) in [5, 5.41) is 4.94. The first-order valence-corrected chi connectivity index (χ1v) is 8.72. The normalized spacial score (nSPS) is 27.8. The minimum atomic E-state index is 0.295. The lowest BCUT2D eigenvalue weighted by Gasteiger charge is -2.49. The van der Waals surface area contributed by atoms with Gasteiger partial charge in [-0.05, 0) is 62.9 Å². The molecule has 0 spiro atoms. The molecule has 120 valence electrons. The van der Waals surface area contributed by atoms with Crippen LogP contribution in [0.5, 0.6) is 0 Å². The van der Waals surface area contributed by atoms with Gasteiger partial charge in [0.15, 0.2) is 0 Å². The zero-order valence-corrected chi connectivity index (χ0v) is 13.8. The fourth-order valence-electron chi connectivity index (χ4n) is 4.39. The Morgan fingerprint density at radius 1 is 1.26 bits per heavy atom. The molecule has 23 heavy (non-hydrogen) atoms. The third-order valence-electron chi connectivity index (χ3n) is 5.50. The van der Waals surface area contributed by atoms with Crippen molar-refractivity contribution >= 4 is 10.9 Å². The van der Waals surface area contributed by atoms with E-state index in [0.29, 0.717) is 12.1 Å². The van der Waals surface area contributed by atoms with Crippen LogP contribution in [0.2, 0.25) is 0 Å². The Labute approximate surface area is 138 Å². The van der Waals surface area contributed by atoms with Crippen LogP contribution in [-0.4, -0.2) is 29.0 Å². The van der Waals surface area contributed by atoms with Crippen molar-refractivity contribution in [1.82, 2.24) is 15.2 Å². The minimum Gasteiger partial charge on any atom is -0.381 e. The highest BCUT2D eigenvalue weighted by Gasteiger charge is 2.38. The van der Waals surface area contributed by atoms with Crippen LogP contribution in [0.4, 0.5) is 0 Å². The average molecular weight is 307 g/mol. The summed E-state index contributed by atoms with van der Waals surface area (Å²) >= 11 is 0. The highest BCUT2D eigenvalue weighted by atomic mass is 15.2. The van der Waals surface area contributed by atoms with Crippen LogP contribution in [0, 0.1) is 5.92 Å². The fraction of sp³-hybridized carbons (Fsp3) is 0.450. The number of nitrogens with zero attached hydrogens (tertiary/aromatic N) is 2. The van der Waals surface area contributed by atoms with E-state index in [1.54, 1.807) is 0 Å². The summed E-state index contributed by atoms with van der Waals surface area (Å²) in [5.74, 6) is 0.896. The van der Waals surface area contributed by atoms with Crippen molar-refractivity contribution in [3.05, 3.63) is 54.4 Å². The monoisotopic (exact) mass is 307 g/mol. The van der Waals surface area contributed by atoms with Gasteiger partial charge in [0.1, 0.15) is 0 Å². The lowest BCUT2D eigenvalue weighted by atomic mass is 9.78. The van der Waals surface area contributed by atoms with Gasteiger partial charge in [-0.1, -0.05) is 24.8 Å². The second-order valence-electron chi connectivity index (χ2n) is 7.10. The number of hydrogen-bond acceptors (Lipinski definition) is 3. The van der Waals surface area contributed by atoms with Gasteiger partial charge in [-0.15, -0.1) is 0 Å². The van der Waals surface area contributed by atoms with Gasteiger partial charge in [0.2, 0.25) is 0 Å². The second-order valence-corrected chi connectivity index (χ2v) is 7.10. The molecule has 3 heteroatoms. The molecule has 0 aliphatic carbocycles. The van der Waals surface area contributed by atoms with Gasteiger partial charge < -0.3 is 5.32 Å².